The van der Waals surface area contributed by atoms with Gasteiger partial charge in [-0.05, 0) is 6.42 Å². The smallest absolute Gasteiger partial charge is 0.196 e. The Hall–Kier alpha value is -0.700. The topological polar surface area (TPSA) is 0 Å². The summed E-state index contributed by atoms with van der Waals surface area (Å²) >= 11 is 0. The Labute approximate surface area is 88.6 Å². The molecule has 17 heavy (non-hydrogen) atoms. The van der Waals surface area contributed by atoms with Crippen molar-refractivity contribution in [1.29, 1.82) is 0 Å². The summed E-state index contributed by atoms with van der Waals surface area (Å²) in [6.45, 7) is 0.393. The molecule has 0 saturated carbocycles. The third kappa shape index (κ3) is 2.76. The van der Waals surface area contributed by atoms with Crippen LogP contribution in [0.15, 0.2) is 0 Å². The Morgan fingerprint density at radius 1 is 0.647 bits per heavy atom. The van der Waals surface area contributed by atoms with Gasteiger partial charge in [0.1, 0.15) is 5.92 Å². The summed E-state index contributed by atoms with van der Waals surface area (Å²) in [5.74, 6) is -16.4. The van der Waals surface area contributed by atoms with Gasteiger partial charge in [0.2, 0.25) is 0 Å². The van der Waals surface area contributed by atoms with Gasteiger partial charge < -0.3 is 0 Å². The van der Waals surface area contributed by atoms with E-state index in [1.165, 1.54) is 0 Å². The molecule has 0 spiro atoms. The minimum Gasteiger partial charge on any atom is -0.196 e. The number of rotatable bonds is 3. The van der Waals surface area contributed by atoms with E-state index in [2.05, 4.69) is 0 Å². The highest BCUT2D eigenvalue weighted by Gasteiger charge is 2.74. The molecule has 0 N–H and O–H groups in total. The van der Waals surface area contributed by atoms with E-state index in [9.17, 15) is 43.9 Å². The average Bonchev–Trinajstić information content (AvgIpc) is 1.99. The molecule has 0 fully saturated rings. The van der Waals surface area contributed by atoms with Gasteiger partial charge in [-0.3, -0.25) is 0 Å². The first kappa shape index (κ1) is 16.3. The molecule has 0 bridgehead atoms. The minimum absolute atomic E-state index is 0.393. The lowest BCUT2D eigenvalue weighted by Crippen LogP contribution is -2.56. The van der Waals surface area contributed by atoms with Crippen molar-refractivity contribution in [2.75, 3.05) is 0 Å². The third-order valence-electron chi connectivity index (χ3n) is 2.04. The lowest BCUT2D eigenvalue weighted by molar-refractivity contribution is -0.372. The van der Waals surface area contributed by atoms with Gasteiger partial charge >= 0.3 is 24.2 Å². The molecule has 0 saturated heterocycles. The van der Waals surface area contributed by atoms with Crippen molar-refractivity contribution in [3.05, 3.63) is 0 Å². The van der Waals surface area contributed by atoms with E-state index in [0.717, 1.165) is 0 Å². The van der Waals surface area contributed by atoms with Crippen LogP contribution in [0.25, 0.3) is 0 Å². The van der Waals surface area contributed by atoms with Crippen LogP contribution in [0.5, 0.6) is 0 Å². The van der Waals surface area contributed by atoms with E-state index >= 15 is 0 Å². The van der Waals surface area contributed by atoms with Gasteiger partial charge in [-0.25, -0.2) is 0 Å². The van der Waals surface area contributed by atoms with Crippen LogP contribution in [-0.2, 0) is 0 Å². The Bertz CT molecular complexity index is 233. The molecule has 0 rings (SSSR count). The maximum atomic E-state index is 12.5. The fraction of sp³-hybridized carbons (Fsp3) is 1.00. The van der Waals surface area contributed by atoms with Gasteiger partial charge in [-0.1, -0.05) is 6.92 Å². The first-order chi connectivity index (χ1) is 7.19. The Morgan fingerprint density at radius 3 is 1.00 bits per heavy atom. The minimum atomic E-state index is -6.47. The number of hydrogen-bond donors (Lipinski definition) is 0. The molecule has 0 aliphatic carbocycles. The molecular weight excluding hydrogens is 274 g/mol. The summed E-state index contributed by atoms with van der Waals surface area (Å²) in [7, 11) is 0. The van der Waals surface area contributed by atoms with Crippen molar-refractivity contribution in [2.24, 2.45) is 5.92 Å². The first-order valence-corrected chi connectivity index (χ1v) is 4.08. The number of halogens is 10. The highest BCUT2D eigenvalue weighted by atomic mass is 19.4. The zero-order valence-corrected chi connectivity index (χ0v) is 8.06. The van der Waals surface area contributed by atoms with Crippen molar-refractivity contribution in [3.63, 3.8) is 0 Å². The molecule has 0 aliphatic heterocycles. The third-order valence-corrected chi connectivity index (χ3v) is 2.04. The van der Waals surface area contributed by atoms with Gasteiger partial charge in [-0.15, -0.1) is 0 Å². The molecule has 0 amide bonds. The highest BCUT2D eigenvalue weighted by molar-refractivity contribution is 4.95. The Morgan fingerprint density at radius 2 is 0.882 bits per heavy atom. The Kier molecular flexibility index (Phi) is 4.03. The normalized spacial score (nSPS) is 15.5. The first-order valence-electron chi connectivity index (χ1n) is 4.08. The summed E-state index contributed by atoms with van der Waals surface area (Å²) in [6, 6.07) is 0. The van der Waals surface area contributed by atoms with E-state index in [4.69, 9.17) is 0 Å². The molecule has 0 unspecified atom stereocenters. The van der Waals surface area contributed by atoms with Crippen molar-refractivity contribution < 1.29 is 43.9 Å². The fourth-order valence-corrected chi connectivity index (χ4v) is 1.14. The van der Waals surface area contributed by atoms with Crippen LogP contribution in [0, 0.1) is 5.92 Å². The standard InChI is InChI=1S/C7H6F10/c1-2-3(4(8,9)6(12,13)14)5(10,11)7(15,16)17/h3H,2H2,1H3. The van der Waals surface area contributed by atoms with Crippen LogP contribution in [0.1, 0.15) is 13.3 Å². The lowest BCUT2D eigenvalue weighted by Gasteiger charge is -2.34. The monoisotopic (exact) mass is 280 g/mol. The van der Waals surface area contributed by atoms with Crippen LogP contribution in [-0.4, -0.2) is 24.2 Å². The molecule has 0 atom stereocenters. The summed E-state index contributed by atoms with van der Waals surface area (Å²) in [5.41, 5.74) is 0. The van der Waals surface area contributed by atoms with Gasteiger partial charge in [0.05, 0.1) is 0 Å². The van der Waals surface area contributed by atoms with Gasteiger partial charge in [-0.2, -0.15) is 43.9 Å². The molecule has 0 aromatic rings. The van der Waals surface area contributed by atoms with Crippen molar-refractivity contribution in [1.82, 2.24) is 0 Å². The van der Waals surface area contributed by atoms with Gasteiger partial charge in [0.25, 0.3) is 0 Å². The SMILES string of the molecule is CCC(C(F)(F)C(F)(F)F)C(F)(F)C(F)(F)F. The second kappa shape index (κ2) is 4.20. The maximum absolute atomic E-state index is 12.5. The van der Waals surface area contributed by atoms with E-state index < -0.39 is 36.5 Å². The van der Waals surface area contributed by atoms with Gasteiger partial charge in [0, 0.05) is 0 Å². The molecule has 0 aromatic carbocycles. The highest BCUT2D eigenvalue weighted by Crippen LogP contribution is 2.53. The predicted octanol–water partition coefficient (Wildman–Crippen LogP) is 4.41. The lowest BCUT2D eigenvalue weighted by atomic mass is 9.90. The van der Waals surface area contributed by atoms with Crippen molar-refractivity contribution >= 4 is 0 Å². The average molecular weight is 280 g/mol. The summed E-state index contributed by atoms with van der Waals surface area (Å²) in [4.78, 5) is 0. The second-order valence-electron chi connectivity index (χ2n) is 3.20. The van der Waals surface area contributed by atoms with Crippen LogP contribution in [0.3, 0.4) is 0 Å². The molecule has 0 aromatic heterocycles. The van der Waals surface area contributed by atoms with Crippen LogP contribution in [0.2, 0.25) is 0 Å². The van der Waals surface area contributed by atoms with Crippen molar-refractivity contribution in [3.8, 4) is 0 Å². The Balaban J connectivity index is 5.52. The molecule has 10 heteroatoms. The summed E-state index contributed by atoms with van der Waals surface area (Å²) in [6.07, 6.45) is -14.6. The van der Waals surface area contributed by atoms with Crippen LogP contribution in [0.4, 0.5) is 43.9 Å². The largest absolute Gasteiger partial charge is 0.453 e. The van der Waals surface area contributed by atoms with Crippen molar-refractivity contribution in [2.45, 2.75) is 37.5 Å². The fourth-order valence-electron chi connectivity index (χ4n) is 1.14. The quantitative estimate of drug-likeness (QED) is 0.672. The molecule has 0 radical (unpaired) electrons. The van der Waals surface area contributed by atoms with Gasteiger partial charge in [0.15, 0.2) is 0 Å². The van der Waals surface area contributed by atoms with E-state index in [1.54, 1.807) is 0 Å². The zero-order valence-electron chi connectivity index (χ0n) is 8.06. The van der Waals surface area contributed by atoms with Crippen LogP contribution >= 0.6 is 0 Å². The summed E-state index contributed by atoms with van der Waals surface area (Å²) in [5, 5.41) is 0. The number of hydrogen-bond acceptors (Lipinski definition) is 0. The van der Waals surface area contributed by atoms with E-state index in [1.807, 2.05) is 0 Å². The van der Waals surface area contributed by atoms with E-state index in [0.29, 0.717) is 6.92 Å². The molecule has 0 nitrogen and oxygen atoms in total. The number of alkyl halides is 10. The van der Waals surface area contributed by atoms with E-state index in [-0.39, 0.29) is 0 Å². The zero-order chi connectivity index (χ0) is 14.3. The molecule has 104 valence electrons. The van der Waals surface area contributed by atoms with Crippen LogP contribution < -0.4 is 0 Å². The predicted molar refractivity (Wildman–Crippen MR) is 35.8 cm³/mol. The molecular formula is C7H6F10. The summed E-state index contributed by atoms with van der Waals surface area (Å²) < 4.78 is 120. The molecule has 0 aliphatic rings. The molecule has 0 heterocycles. The maximum Gasteiger partial charge on any atom is 0.453 e. The second-order valence-corrected chi connectivity index (χ2v) is 3.20.